The summed E-state index contributed by atoms with van der Waals surface area (Å²) < 4.78 is 1.44. The molecule has 2 heterocycles. The summed E-state index contributed by atoms with van der Waals surface area (Å²) in [5.41, 5.74) is 2.60. The van der Waals surface area contributed by atoms with E-state index < -0.39 is 0 Å². The maximum Gasteiger partial charge on any atom is 0.267 e. The molecule has 0 unspecified atom stereocenters. The minimum absolute atomic E-state index is 0.0600. The van der Waals surface area contributed by atoms with Crippen LogP contribution in [0.3, 0.4) is 0 Å². The average Bonchev–Trinajstić information content (AvgIpc) is 3.25. The van der Waals surface area contributed by atoms with Crippen LogP contribution in [-0.2, 0) is 0 Å². The lowest BCUT2D eigenvalue weighted by Gasteiger charge is -2.12. The van der Waals surface area contributed by atoms with E-state index in [0.29, 0.717) is 21.8 Å². The normalized spacial score (nSPS) is 10.8. The minimum Gasteiger partial charge on any atom is -0.350 e. The maximum absolute atomic E-state index is 12.6. The Balaban J connectivity index is 1.78. The number of hydrogen-bond donors (Lipinski definition) is 2. The molecule has 2 amide bonds. The van der Waals surface area contributed by atoms with Crippen molar-refractivity contribution in [3.63, 3.8) is 0 Å². The van der Waals surface area contributed by atoms with Gasteiger partial charge in [-0.2, -0.15) is 4.68 Å². The number of hydrogen-bond acceptors (Lipinski definition) is 6. The third kappa shape index (κ3) is 3.77. The van der Waals surface area contributed by atoms with Gasteiger partial charge in [0.25, 0.3) is 11.8 Å². The predicted molar refractivity (Wildman–Crippen MR) is 98.8 cm³/mol. The number of thiophene rings is 1. The molecule has 0 spiro atoms. The number of aromatic nitrogens is 4. The third-order valence-electron chi connectivity index (χ3n) is 3.60. The van der Waals surface area contributed by atoms with Crippen LogP contribution in [0, 0.1) is 6.92 Å². The number of nitrogens with zero attached hydrogens (tertiary/aromatic N) is 4. The monoisotopic (exact) mass is 370 g/mol. The lowest BCUT2D eigenvalue weighted by Crippen LogP contribution is -2.30. The van der Waals surface area contributed by atoms with E-state index in [9.17, 15) is 9.59 Å². The Morgan fingerprint density at radius 1 is 1.19 bits per heavy atom. The second kappa shape index (κ2) is 7.44. The fourth-order valence-corrected chi connectivity index (χ4v) is 3.22. The molecular weight excluding hydrogens is 352 g/mol. The maximum atomic E-state index is 12.6. The minimum atomic E-state index is -0.260. The van der Waals surface area contributed by atoms with E-state index in [2.05, 4.69) is 26.2 Å². The molecule has 0 saturated heterocycles. The van der Waals surface area contributed by atoms with Crippen molar-refractivity contribution in [1.29, 1.82) is 0 Å². The zero-order valence-electron chi connectivity index (χ0n) is 14.6. The molecule has 0 aliphatic rings. The van der Waals surface area contributed by atoms with Crippen LogP contribution in [0.1, 0.15) is 39.4 Å². The number of nitrogens with one attached hydrogen (secondary N) is 2. The number of aryl methyl sites for hydroxylation is 1. The Bertz CT molecular complexity index is 933. The quantitative estimate of drug-likeness (QED) is 0.718. The highest BCUT2D eigenvalue weighted by Crippen LogP contribution is 2.22. The zero-order chi connectivity index (χ0) is 18.7. The first-order chi connectivity index (χ1) is 12.5. The van der Waals surface area contributed by atoms with Gasteiger partial charge in [0.1, 0.15) is 11.2 Å². The molecule has 0 atom stereocenters. The Morgan fingerprint density at radius 2 is 2.00 bits per heavy atom. The first-order valence-electron chi connectivity index (χ1n) is 7.99. The molecule has 0 fully saturated rings. The second-order valence-electron chi connectivity index (χ2n) is 6.00. The summed E-state index contributed by atoms with van der Waals surface area (Å²) in [7, 11) is 0. The van der Waals surface area contributed by atoms with Gasteiger partial charge in [0, 0.05) is 17.3 Å². The highest BCUT2D eigenvalue weighted by molar-refractivity contribution is 7.12. The van der Waals surface area contributed by atoms with Crippen molar-refractivity contribution in [2.75, 3.05) is 5.32 Å². The van der Waals surface area contributed by atoms with Gasteiger partial charge in [-0.1, -0.05) is 0 Å². The van der Waals surface area contributed by atoms with Gasteiger partial charge in [-0.25, -0.2) is 0 Å². The van der Waals surface area contributed by atoms with E-state index >= 15 is 0 Å². The first kappa shape index (κ1) is 17.7. The van der Waals surface area contributed by atoms with Crippen molar-refractivity contribution in [2.24, 2.45) is 0 Å². The molecule has 2 N–H and O–H groups in total. The standard InChI is InChI=1S/C17H18N6O2S/c1-10(2)19-16(24)13-5-4-12(8-11(13)3)20-17(25)15-14(6-7-26-15)23-9-18-21-22-23/h4-10H,1-3H3,(H,19,24)(H,20,25). The molecule has 9 heteroatoms. The number of amides is 2. The molecule has 3 rings (SSSR count). The lowest BCUT2D eigenvalue weighted by atomic mass is 10.1. The van der Waals surface area contributed by atoms with E-state index in [1.807, 2.05) is 20.8 Å². The molecule has 134 valence electrons. The van der Waals surface area contributed by atoms with Gasteiger partial charge in [-0.3, -0.25) is 9.59 Å². The van der Waals surface area contributed by atoms with Gasteiger partial charge < -0.3 is 10.6 Å². The third-order valence-corrected chi connectivity index (χ3v) is 4.50. The molecule has 1 aromatic carbocycles. The molecule has 8 nitrogen and oxygen atoms in total. The van der Waals surface area contributed by atoms with Gasteiger partial charge in [0.15, 0.2) is 0 Å². The number of carbonyl (C=O) groups excluding carboxylic acids is 2. The smallest absolute Gasteiger partial charge is 0.267 e. The highest BCUT2D eigenvalue weighted by Gasteiger charge is 2.17. The van der Waals surface area contributed by atoms with Crippen LogP contribution in [-0.4, -0.2) is 38.1 Å². The van der Waals surface area contributed by atoms with Crippen LogP contribution < -0.4 is 10.6 Å². The van der Waals surface area contributed by atoms with Gasteiger partial charge in [-0.05, 0) is 66.4 Å². The Kier molecular flexibility index (Phi) is 5.08. The van der Waals surface area contributed by atoms with Crippen molar-refractivity contribution >= 4 is 28.8 Å². The molecule has 0 saturated carbocycles. The van der Waals surface area contributed by atoms with Crippen molar-refractivity contribution in [3.05, 3.63) is 52.0 Å². The van der Waals surface area contributed by atoms with Gasteiger partial charge in [0.05, 0.1) is 5.69 Å². The molecule has 3 aromatic rings. The number of tetrazole rings is 1. The highest BCUT2D eigenvalue weighted by atomic mass is 32.1. The second-order valence-corrected chi connectivity index (χ2v) is 6.92. The van der Waals surface area contributed by atoms with Gasteiger partial charge >= 0.3 is 0 Å². The predicted octanol–water partition coefficient (Wildman–Crippen LogP) is 2.42. The number of anilines is 1. The van der Waals surface area contributed by atoms with Gasteiger partial charge in [0.2, 0.25) is 0 Å². The molecule has 0 aliphatic heterocycles. The number of rotatable bonds is 5. The zero-order valence-corrected chi connectivity index (χ0v) is 15.4. The largest absolute Gasteiger partial charge is 0.350 e. The van der Waals surface area contributed by atoms with Crippen molar-refractivity contribution in [3.8, 4) is 5.69 Å². The SMILES string of the molecule is Cc1cc(NC(=O)c2sccc2-n2cnnn2)ccc1C(=O)NC(C)C. The van der Waals surface area contributed by atoms with Crippen molar-refractivity contribution in [1.82, 2.24) is 25.5 Å². The Labute approximate surface area is 154 Å². The van der Waals surface area contributed by atoms with Crippen LogP contribution >= 0.6 is 11.3 Å². The summed E-state index contributed by atoms with van der Waals surface area (Å²) in [5, 5.41) is 18.5. The Hall–Kier alpha value is -3.07. The summed E-state index contributed by atoms with van der Waals surface area (Å²) >= 11 is 1.30. The lowest BCUT2D eigenvalue weighted by molar-refractivity contribution is 0.0942. The van der Waals surface area contributed by atoms with E-state index in [1.165, 1.54) is 22.3 Å². The van der Waals surface area contributed by atoms with E-state index in [0.717, 1.165) is 5.56 Å². The van der Waals surface area contributed by atoms with Crippen LogP contribution in [0.15, 0.2) is 36.0 Å². The molecule has 0 aliphatic carbocycles. The fraction of sp³-hybridized carbons (Fsp3) is 0.235. The summed E-state index contributed by atoms with van der Waals surface area (Å²) in [5.74, 6) is -0.390. The van der Waals surface area contributed by atoms with Crippen molar-refractivity contribution in [2.45, 2.75) is 26.8 Å². The van der Waals surface area contributed by atoms with Crippen LogP contribution in [0.4, 0.5) is 5.69 Å². The Morgan fingerprint density at radius 3 is 2.65 bits per heavy atom. The van der Waals surface area contributed by atoms with E-state index in [4.69, 9.17) is 0 Å². The van der Waals surface area contributed by atoms with E-state index in [1.54, 1.807) is 29.6 Å². The fourth-order valence-electron chi connectivity index (χ4n) is 2.45. The molecule has 2 aromatic heterocycles. The molecule has 0 radical (unpaired) electrons. The summed E-state index contributed by atoms with van der Waals surface area (Å²) in [6.07, 6.45) is 1.44. The first-order valence-corrected chi connectivity index (χ1v) is 8.87. The molecular formula is C17H18N6O2S. The van der Waals surface area contributed by atoms with Crippen molar-refractivity contribution < 1.29 is 9.59 Å². The van der Waals surface area contributed by atoms with Crippen LogP contribution in [0.2, 0.25) is 0 Å². The summed E-state index contributed by atoms with van der Waals surface area (Å²) in [4.78, 5) is 25.3. The number of carbonyl (C=O) groups is 2. The number of benzene rings is 1. The van der Waals surface area contributed by atoms with Gasteiger partial charge in [-0.15, -0.1) is 16.4 Å². The molecule has 26 heavy (non-hydrogen) atoms. The topological polar surface area (TPSA) is 102 Å². The summed E-state index contributed by atoms with van der Waals surface area (Å²) in [6.45, 7) is 5.65. The summed E-state index contributed by atoms with van der Waals surface area (Å²) in [6, 6.07) is 7.03. The van der Waals surface area contributed by atoms with Crippen LogP contribution in [0.5, 0.6) is 0 Å². The van der Waals surface area contributed by atoms with Crippen LogP contribution in [0.25, 0.3) is 5.69 Å². The van der Waals surface area contributed by atoms with E-state index in [-0.39, 0.29) is 17.9 Å². The average molecular weight is 370 g/mol. The molecule has 0 bridgehead atoms.